The molecule has 4 atom stereocenters. The van der Waals surface area contributed by atoms with E-state index in [1.807, 2.05) is 30.0 Å². The van der Waals surface area contributed by atoms with Crippen molar-refractivity contribution in [2.24, 2.45) is 5.92 Å². The molecule has 1 heterocycles. The van der Waals surface area contributed by atoms with Crippen molar-refractivity contribution in [1.82, 2.24) is 10.2 Å². The first-order valence-electron chi connectivity index (χ1n) is 10.2. The molecule has 1 saturated carbocycles. The van der Waals surface area contributed by atoms with Gasteiger partial charge in [0.25, 0.3) is 0 Å². The number of fused-ring (bicyclic) bond motifs is 1. The van der Waals surface area contributed by atoms with Crippen molar-refractivity contribution < 1.29 is 14.3 Å². The molecule has 0 spiro atoms. The molecule has 5 nitrogen and oxygen atoms in total. The van der Waals surface area contributed by atoms with Crippen molar-refractivity contribution in [3.8, 4) is 0 Å². The van der Waals surface area contributed by atoms with Gasteiger partial charge in [-0.25, -0.2) is 0 Å². The van der Waals surface area contributed by atoms with Gasteiger partial charge in [0.05, 0.1) is 19.2 Å². The first kappa shape index (κ1) is 19.9. The Bertz CT molecular complexity index is 634. The van der Waals surface area contributed by atoms with E-state index in [0.717, 1.165) is 19.3 Å². The lowest BCUT2D eigenvalue weighted by Crippen LogP contribution is -2.51. The van der Waals surface area contributed by atoms with Gasteiger partial charge in [0, 0.05) is 6.04 Å². The van der Waals surface area contributed by atoms with Crippen LogP contribution >= 0.6 is 0 Å². The monoisotopic (exact) mass is 371 g/mol. The summed E-state index contributed by atoms with van der Waals surface area (Å²) in [7, 11) is 0. The molecule has 1 aromatic rings. The zero-order valence-electron chi connectivity index (χ0n) is 16.4. The predicted molar refractivity (Wildman–Crippen MR) is 105 cm³/mol. The quantitative estimate of drug-likeness (QED) is 0.714. The van der Waals surface area contributed by atoms with E-state index in [-0.39, 0.29) is 11.9 Å². The highest BCUT2D eigenvalue weighted by Gasteiger charge is 2.41. The van der Waals surface area contributed by atoms with E-state index >= 15 is 0 Å². The van der Waals surface area contributed by atoms with Crippen molar-refractivity contribution in [2.45, 2.75) is 70.5 Å². The van der Waals surface area contributed by atoms with Crippen LogP contribution in [0.4, 0.5) is 0 Å². The molecule has 147 valence electrons. The summed E-state index contributed by atoms with van der Waals surface area (Å²) < 4.78 is 5.23. The average molecular weight is 372 g/mol. The van der Waals surface area contributed by atoms with Crippen LogP contribution in [0.15, 0.2) is 30.3 Å². The molecule has 2 unspecified atom stereocenters. The minimum absolute atomic E-state index is 0.0680. The van der Waals surface area contributed by atoms with E-state index < -0.39 is 12.1 Å². The van der Waals surface area contributed by atoms with E-state index in [0.29, 0.717) is 25.0 Å². The van der Waals surface area contributed by atoms with Crippen LogP contribution in [0.1, 0.15) is 51.5 Å². The second-order valence-electron chi connectivity index (χ2n) is 7.64. The second-order valence-corrected chi connectivity index (χ2v) is 7.64. The number of carbonyl (C=O) groups excluding carboxylic acids is 2. The molecule has 0 aromatic heterocycles. The molecule has 1 N–H and O–H groups in total. The summed E-state index contributed by atoms with van der Waals surface area (Å²) in [5, 5.41) is 3.24. The highest BCUT2D eigenvalue weighted by molar-refractivity contribution is 5.84. The van der Waals surface area contributed by atoms with Gasteiger partial charge in [-0.15, -0.1) is 0 Å². The molecular formula is C22H31N2O3. The number of esters is 1. The summed E-state index contributed by atoms with van der Waals surface area (Å²) in [5.74, 6) is 0.413. The molecule has 1 aromatic carbocycles. The Hall–Kier alpha value is -1.88. The molecule has 0 bridgehead atoms. The van der Waals surface area contributed by atoms with Crippen LogP contribution in [0.3, 0.4) is 0 Å². The first-order valence-corrected chi connectivity index (χ1v) is 10.2. The van der Waals surface area contributed by atoms with Crippen molar-refractivity contribution in [1.29, 1.82) is 0 Å². The molecule has 1 aliphatic carbocycles. The third-order valence-electron chi connectivity index (χ3n) is 5.79. The molecule has 27 heavy (non-hydrogen) atoms. The standard InChI is InChI=1S/C22H31N2O3/c1-3-27-22(26)19(13-12-17-8-5-4-6-9-17)23-16(2)21(25)24-15-14-18-10-7-11-20(18)24/h4-6,8-9,15-16,18-20,23H,3,7,10-14H2,1-2H3/t16-,18?,19-,20?/m0/s1. The lowest BCUT2D eigenvalue weighted by molar-refractivity contribution is -0.146. The Morgan fingerprint density at radius 1 is 1.26 bits per heavy atom. The summed E-state index contributed by atoms with van der Waals surface area (Å²) in [6.07, 6.45) is 5.88. The minimum Gasteiger partial charge on any atom is -0.465 e. The largest absolute Gasteiger partial charge is 0.465 e. The van der Waals surface area contributed by atoms with Gasteiger partial charge in [0.2, 0.25) is 5.91 Å². The van der Waals surface area contributed by atoms with Gasteiger partial charge in [-0.1, -0.05) is 36.8 Å². The predicted octanol–water partition coefficient (Wildman–Crippen LogP) is 3.09. The number of aryl methyl sites for hydroxylation is 1. The molecule has 3 rings (SSSR count). The van der Waals surface area contributed by atoms with E-state index in [4.69, 9.17) is 4.74 Å². The number of carbonyl (C=O) groups is 2. The van der Waals surface area contributed by atoms with Crippen molar-refractivity contribution >= 4 is 11.9 Å². The second kappa shape index (κ2) is 9.36. The number of rotatable bonds is 8. The Kier molecular flexibility index (Phi) is 6.89. The number of hydrogen-bond donors (Lipinski definition) is 1. The van der Waals surface area contributed by atoms with Crippen LogP contribution in [0.5, 0.6) is 0 Å². The molecule has 2 aliphatic rings. The molecule has 1 amide bonds. The number of nitrogens with one attached hydrogen (secondary N) is 1. The maximum absolute atomic E-state index is 13.0. The zero-order valence-corrected chi connectivity index (χ0v) is 16.4. The third-order valence-corrected chi connectivity index (χ3v) is 5.79. The third kappa shape index (κ3) is 4.89. The zero-order chi connectivity index (χ0) is 19.2. The Morgan fingerprint density at radius 3 is 2.78 bits per heavy atom. The number of hydrogen-bond acceptors (Lipinski definition) is 4. The number of benzene rings is 1. The molecular weight excluding hydrogens is 340 g/mol. The number of likely N-dealkylation sites (tertiary alicyclic amines) is 1. The summed E-state index contributed by atoms with van der Waals surface area (Å²) in [5.41, 5.74) is 1.18. The van der Waals surface area contributed by atoms with Gasteiger partial charge in [-0.2, -0.15) is 0 Å². The Labute approximate surface area is 162 Å². The van der Waals surface area contributed by atoms with Crippen LogP contribution < -0.4 is 5.32 Å². The van der Waals surface area contributed by atoms with Crippen LogP contribution in [-0.2, 0) is 20.7 Å². The summed E-state index contributed by atoms with van der Waals surface area (Å²) in [6.45, 7) is 6.06. The number of nitrogens with zero attached hydrogens (tertiary/aromatic N) is 1. The fourth-order valence-electron chi connectivity index (χ4n) is 4.36. The van der Waals surface area contributed by atoms with E-state index in [1.54, 1.807) is 6.92 Å². The van der Waals surface area contributed by atoms with E-state index in [2.05, 4.69) is 24.0 Å². The topological polar surface area (TPSA) is 58.6 Å². The molecule has 2 fully saturated rings. The van der Waals surface area contributed by atoms with Gasteiger partial charge in [0.15, 0.2) is 0 Å². The fraction of sp³-hybridized carbons (Fsp3) is 0.591. The normalized spacial score (nSPS) is 23.7. The van der Waals surface area contributed by atoms with Crippen LogP contribution in [-0.4, -0.2) is 41.5 Å². The number of ether oxygens (including phenoxy) is 1. The molecule has 1 radical (unpaired) electrons. The number of amides is 1. The highest BCUT2D eigenvalue weighted by atomic mass is 16.5. The molecule has 1 saturated heterocycles. The maximum atomic E-state index is 13.0. The van der Waals surface area contributed by atoms with Crippen molar-refractivity contribution in [3.05, 3.63) is 42.4 Å². The lowest BCUT2D eigenvalue weighted by Gasteiger charge is -2.29. The highest BCUT2D eigenvalue weighted by Crippen LogP contribution is 2.39. The Morgan fingerprint density at radius 2 is 2.04 bits per heavy atom. The van der Waals surface area contributed by atoms with Gasteiger partial charge >= 0.3 is 5.97 Å². The fourth-order valence-corrected chi connectivity index (χ4v) is 4.36. The SMILES string of the molecule is CCOC(=O)[C@H](CCc1ccccc1)N[C@@H](C)C(=O)N1[CH]CC2CCCC21. The summed E-state index contributed by atoms with van der Waals surface area (Å²) >= 11 is 0. The maximum Gasteiger partial charge on any atom is 0.323 e. The van der Waals surface area contributed by atoms with E-state index in [9.17, 15) is 9.59 Å². The molecule has 5 heteroatoms. The summed E-state index contributed by atoms with van der Waals surface area (Å²) in [4.78, 5) is 27.3. The minimum atomic E-state index is -0.480. The van der Waals surface area contributed by atoms with Crippen LogP contribution in [0.25, 0.3) is 0 Å². The van der Waals surface area contributed by atoms with Crippen molar-refractivity contribution in [3.63, 3.8) is 0 Å². The smallest absolute Gasteiger partial charge is 0.323 e. The van der Waals surface area contributed by atoms with Crippen LogP contribution in [0.2, 0.25) is 0 Å². The van der Waals surface area contributed by atoms with Gasteiger partial charge in [-0.05, 0) is 57.4 Å². The van der Waals surface area contributed by atoms with Gasteiger partial charge in [-0.3, -0.25) is 14.9 Å². The lowest BCUT2D eigenvalue weighted by atomic mass is 10.0. The average Bonchev–Trinajstić information content (AvgIpc) is 3.29. The Balaban J connectivity index is 1.60. The molecule has 1 aliphatic heterocycles. The van der Waals surface area contributed by atoms with Crippen LogP contribution in [0, 0.1) is 12.5 Å². The van der Waals surface area contributed by atoms with Gasteiger partial charge in [0.1, 0.15) is 6.04 Å². The summed E-state index contributed by atoms with van der Waals surface area (Å²) in [6, 6.07) is 9.54. The van der Waals surface area contributed by atoms with Gasteiger partial charge < -0.3 is 9.64 Å². The van der Waals surface area contributed by atoms with Crippen molar-refractivity contribution in [2.75, 3.05) is 6.61 Å². The first-order chi connectivity index (χ1) is 13.1. The van der Waals surface area contributed by atoms with E-state index in [1.165, 1.54) is 18.4 Å².